The van der Waals surface area contributed by atoms with Gasteiger partial charge in [0.05, 0.1) is 32.4 Å². The maximum Gasteiger partial charge on any atom is 0.209 e. The standard InChI is InChI=1S/C11H16N4O2S2/c1-7-15-10-6-9(8(12)5-11(10)18-7)14-3-2-4-19(13,16)17/h5-6,14H,2-4,12H2,1H3,(H2,13,16,17). The van der Waals surface area contributed by atoms with Gasteiger partial charge in [-0.3, -0.25) is 0 Å². The van der Waals surface area contributed by atoms with E-state index in [2.05, 4.69) is 10.3 Å². The molecule has 0 saturated carbocycles. The molecule has 0 radical (unpaired) electrons. The number of primary sulfonamides is 1. The first-order valence-electron chi connectivity index (χ1n) is 5.76. The fraction of sp³-hybridized carbons (Fsp3) is 0.364. The molecule has 104 valence electrons. The number of nitrogens with two attached hydrogens (primary N) is 2. The highest BCUT2D eigenvalue weighted by Crippen LogP contribution is 2.29. The normalized spacial score (nSPS) is 11.9. The molecule has 0 amide bonds. The summed E-state index contributed by atoms with van der Waals surface area (Å²) in [6, 6.07) is 3.76. The number of hydrogen-bond donors (Lipinski definition) is 3. The van der Waals surface area contributed by atoms with Crippen LogP contribution in [0.2, 0.25) is 0 Å². The van der Waals surface area contributed by atoms with Gasteiger partial charge in [0.15, 0.2) is 0 Å². The zero-order chi connectivity index (χ0) is 14.0. The van der Waals surface area contributed by atoms with Gasteiger partial charge in [-0.15, -0.1) is 11.3 Å². The van der Waals surface area contributed by atoms with Crippen LogP contribution in [0, 0.1) is 6.92 Å². The Morgan fingerprint density at radius 3 is 2.84 bits per heavy atom. The monoisotopic (exact) mass is 300 g/mol. The molecule has 0 saturated heterocycles. The van der Waals surface area contributed by atoms with Gasteiger partial charge in [-0.1, -0.05) is 0 Å². The van der Waals surface area contributed by atoms with Crippen LogP contribution in [0.4, 0.5) is 11.4 Å². The molecular weight excluding hydrogens is 284 g/mol. The average molecular weight is 300 g/mol. The van der Waals surface area contributed by atoms with Crippen LogP contribution in [0.25, 0.3) is 10.2 Å². The van der Waals surface area contributed by atoms with E-state index in [9.17, 15) is 8.42 Å². The predicted octanol–water partition coefficient (Wildman–Crippen LogP) is 1.28. The minimum Gasteiger partial charge on any atom is -0.397 e. The summed E-state index contributed by atoms with van der Waals surface area (Å²) in [5.41, 5.74) is 8.23. The van der Waals surface area contributed by atoms with E-state index >= 15 is 0 Å². The third-order valence-corrected chi connectivity index (χ3v) is 4.38. The van der Waals surface area contributed by atoms with E-state index in [-0.39, 0.29) is 5.75 Å². The lowest BCUT2D eigenvalue weighted by molar-refractivity contribution is 0.596. The van der Waals surface area contributed by atoms with Crippen LogP contribution < -0.4 is 16.2 Å². The molecule has 0 aliphatic heterocycles. The Kier molecular flexibility index (Phi) is 3.93. The molecule has 19 heavy (non-hydrogen) atoms. The van der Waals surface area contributed by atoms with Gasteiger partial charge < -0.3 is 11.1 Å². The lowest BCUT2D eigenvalue weighted by Crippen LogP contribution is -2.18. The number of thiazole rings is 1. The number of aryl methyl sites for hydroxylation is 1. The van der Waals surface area contributed by atoms with Crippen molar-refractivity contribution in [3.8, 4) is 0 Å². The summed E-state index contributed by atoms with van der Waals surface area (Å²) < 4.78 is 22.7. The van der Waals surface area contributed by atoms with E-state index < -0.39 is 10.0 Å². The largest absolute Gasteiger partial charge is 0.397 e. The molecule has 0 spiro atoms. The minimum atomic E-state index is -3.40. The van der Waals surface area contributed by atoms with Crippen molar-refractivity contribution in [1.82, 2.24) is 4.98 Å². The Morgan fingerprint density at radius 1 is 1.42 bits per heavy atom. The van der Waals surface area contributed by atoms with Crippen molar-refractivity contribution in [2.24, 2.45) is 5.14 Å². The summed E-state index contributed by atoms with van der Waals surface area (Å²) in [7, 11) is -3.40. The second-order valence-electron chi connectivity index (χ2n) is 4.29. The molecule has 0 bridgehead atoms. The number of fused-ring (bicyclic) bond motifs is 1. The van der Waals surface area contributed by atoms with Gasteiger partial charge in [-0.2, -0.15) is 0 Å². The Hall–Kier alpha value is -1.38. The number of rotatable bonds is 5. The highest BCUT2D eigenvalue weighted by atomic mass is 32.2. The van der Waals surface area contributed by atoms with Crippen LogP contribution in [0.5, 0.6) is 0 Å². The third-order valence-electron chi connectivity index (χ3n) is 2.59. The van der Waals surface area contributed by atoms with Crippen molar-refractivity contribution in [3.63, 3.8) is 0 Å². The number of benzene rings is 1. The predicted molar refractivity (Wildman–Crippen MR) is 79.9 cm³/mol. The number of hydrogen-bond acceptors (Lipinski definition) is 6. The van der Waals surface area contributed by atoms with Crippen LogP contribution in [-0.4, -0.2) is 25.7 Å². The van der Waals surface area contributed by atoms with Crippen molar-refractivity contribution < 1.29 is 8.42 Å². The molecule has 1 aromatic heterocycles. The van der Waals surface area contributed by atoms with Gasteiger partial charge in [0.25, 0.3) is 0 Å². The fourth-order valence-corrected chi connectivity index (χ4v) is 3.16. The molecule has 1 aromatic carbocycles. The highest BCUT2D eigenvalue weighted by molar-refractivity contribution is 7.89. The molecule has 2 rings (SSSR count). The zero-order valence-corrected chi connectivity index (χ0v) is 12.1. The van der Waals surface area contributed by atoms with Crippen LogP contribution in [0.1, 0.15) is 11.4 Å². The van der Waals surface area contributed by atoms with E-state index in [4.69, 9.17) is 10.9 Å². The van der Waals surface area contributed by atoms with Crippen molar-refractivity contribution >= 4 is 43.0 Å². The number of sulfonamides is 1. The first-order valence-corrected chi connectivity index (χ1v) is 8.29. The number of aromatic nitrogens is 1. The van der Waals surface area contributed by atoms with Gasteiger partial charge in [0.1, 0.15) is 0 Å². The van der Waals surface area contributed by atoms with Crippen LogP contribution in [-0.2, 0) is 10.0 Å². The Bertz CT molecular complexity index is 694. The summed E-state index contributed by atoms with van der Waals surface area (Å²) in [5, 5.41) is 9.03. The first kappa shape index (κ1) is 14.0. The molecule has 1 heterocycles. The van der Waals surface area contributed by atoms with Gasteiger partial charge >= 0.3 is 0 Å². The highest BCUT2D eigenvalue weighted by Gasteiger charge is 2.07. The van der Waals surface area contributed by atoms with Crippen molar-refractivity contribution in [1.29, 1.82) is 0 Å². The van der Waals surface area contributed by atoms with Crippen LogP contribution >= 0.6 is 11.3 Å². The maximum absolute atomic E-state index is 10.8. The van der Waals surface area contributed by atoms with Crippen LogP contribution in [0.15, 0.2) is 12.1 Å². The third kappa shape index (κ3) is 3.79. The van der Waals surface area contributed by atoms with E-state index in [1.54, 1.807) is 11.3 Å². The number of nitrogens with one attached hydrogen (secondary N) is 1. The molecule has 6 nitrogen and oxygen atoms in total. The second-order valence-corrected chi connectivity index (χ2v) is 7.26. The topological polar surface area (TPSA) is 111 Å². The molecule has 5 N–H and O–H groups in total. The molecule has 0 aliphatic carbocycles. The number of nitrogen functional groups attached to an aromatic ring is 1. The molecule has 8 heteroatoms. The zero-order valence-electron chi connectivity index (χ0n) is 10.5. The van der Waals surface area contributed by atoms with E-state index in [0.717, 1.165) is 20.9 Å². The second kappa shape index (κ2) is 5.32. The van der Waals surface area contributed by atoms with Gasteiger partial charge in [-0.05, 0) is 25.5 Å². The lowest BCUT2D eigenvalue weighted by Gasteiger charge is -2.08. The lowest BCUT2D eigenvalue weighted by atomic mass is 10.2. The molecule has 0 atom stereocenters. The van der Waals surface area contributed by atoms with Crippen molar-refractivity contribution in [2.45, 2.75) is 13.3 Å². The molecule has 0 aliphatic rings. The van der Waals surface area contributed by atoms with E-state index in [1.165, 1.54) is 0 Å². The quantitative estimate of drug-likeness (QED) is 0.569. The van der Waals surface area contributed by atoms with Gasteiger partial charge in [-0.25, -0.2) is 18.5 Å². The summed E-state index contributed by atoms with van der Waals surface area (Å²) >= 11 is 1.59. The minimum absolute atomic E-state index is 0.0437. The van der Waals surface area contributed by atoms with Crippen molar-refractivity contribution in [2.75, 3.05) is 23.3 Å². The molecular formula is C11H16N4O2S2. The van der Waals surface area contributed by atoms with Crippen LogP contribution in [0.3, 0.4) is 0 Å². The summed E-state index contributed by atoms with van der Waals surface area (Å²) in [4.78, 5) is 4.39. The smallest absolute Gasteiger partial charge is 0.209 e. The molecule has 0 unspecified atom stereocenters. The Morgan fingerprint density at radius 2 is 2.16 bits per heavy atom. The fourth-order valence-electron chi connectivity index (χ4n) is 1.75. The van der Waals surface area contributed by atoms with Gasteiger partial charge in [0.2, 0.25) is 10.0 Å². The average Bonchev–Trinajstić information content (AvgIpc) is 2.62. The van der Waals surface area contributed by atoms with Crippen molar-refractivity contribution in [3.05, 3.63) is 17.1 Å². The summed E-state index contributed by atoms with van der Waals surface area (Å²) in [5.74, 6) is -0.0437. The Balaban J connectivity index is 2.06. The number of anilines is 2. The van der Waals surface area contributed by atoms with E-state index in [0.29, 0.717) is 18.7 Å². The maximum atomic E-state index is 10.8. The first-order chi connectivity index (χ1) is 8.85. The van der Waals surface area contributed by atoms with E-state index in [1.807, 2.05) is 19.1 Å². The molecule has 2 aromatic rings. The molecule has 0 fully saturated rings. The summed E-state index contributed by atoms with van der Waals surface area (Å²) in [6.07, 6.45) is 0.437. The SMILES string of the molecule is Cc1nc2cc(NCCCS(N)(=O)=O)c(N)cc2s1. The Labute approximate surface area is 115 Å². The van der Waals surface area contributed by atoms with Gasteiger partial charge in [0, 0.05) is 6.54 Å². The summed E-state index contributed by atoms with van der Waals surface area (Å²) in [6.45, 7) is 2.44. The number of nitrogens with zero attached hydrogens (tertiary/aromatic N) is 1.